The van der Waals surface area contributed by atoms with Gasteiger partial charge in [-0.3, -0.25) is 9.89 Å². The summed E-state index contributed by atoms with van der Waals surface area (Å²) in [6, 6.07) is 6.91. The van der Waals surface area contributed by atoms with Crippen molar-refractivity contribution in [2.45, 2.75) is 0 Å². The number of hydrogen-bond acceptors (Lipinski definition) is 4. The van der Waals surface area contributed by atoms with Crippen LogP contribution in [-0.4, -0.2) is 16.1 Å². The van der Waals surface area contributed by atoms with E-state index in [4.69, 9.17) is 12.2 Å². The van der Waals surface area contributed by atoms with Crippen molar-refractivity contribution in [1.82, 2.24) is 10.2 Å². The molecule has 0 unspecified atom stereocenters. The van der Waals surface area contributed by atoms with Crippen molar-refractivity contribution in [3.63, 3.8) is 0 Å². The number of nitrogens with zero attached hydrogens (tertiary/aromatic N) is 1. The molecule has 0 aliphatic carbocycles. The second-order valence-corrected chi connectivity index (χ2v) is 4.13. The van der Waals surface area contributed by atoms with Crippen LogP contribution < -0.4 is 5.32 Å². The van der Waals surface area contributed by atoms with Crippen LogP contribution >= 0.6 is 23.6 Å². The maximum Gasteiger partial charge on any atom is 0.266 e. The van der Waals surface area contributed by atoms with Gasteiger partial charge in [-0.1, -0.05) is 18.3 Å². The molecule has 0 atom stereocenters. The summed E-state index contributed by atoms with van der Waals surface area (Å²) in [7, 11) is 0. The minimum atomic E-state index is -0.164. The lowest BCUT2D eigenvalue weighted by Gasteiger charge is -2.00. The number of carbonyl (C=O) groups is 1. The number of anilines is 1. The van der Waals surface area contributed by atoms with Crippen LogP contribution in [0.2, 0.25) is 0 Å². The largest absolute Gasteiger partial charge is 0.304 e. The minimum Gasteiger partial charge on any atom is -0.304 e. The van der Waals surface area contributed by atoms with E-state index in [1.165, 1.54) is 11.3 Å². The Kier molecular flexibility index (Phi) is 2.89. The van der Waals surface area contributed by atoms with E-state index < -0.39 is 0 Å². The van der Waals surface area contributed by atoms with Gasteiger partial charge in [0.15, 0.2) is 5.82 Å². The van der Waals surface area contributed by atoms with Crippen LogP contribution in [0.4, 0.5) is 5.82 Å². The Morgan fingerprint density at radius 1 is 1.47 bits per heavy atom. The Balaban J connectivity index is 2.13. The van der Waals surface area contributed by atoms with Gasteiger partial charge < -0.3 is 5.32 Å². The predicted molar refractivity (Wildman–Crippen MR) is 61.7 cm³/mol. The van der Waals surface area contributed by atoms with E-state index in [0.717, 1.165) is 0 Å². The lowest BCUT2D eigenvalue weighted by molar-refractivity contribution is 0.103. The molecule has 15 heavy (non-hydrogen) atoms. The number of H-pyrrole nitrogens is 1. The Morgan fingerprint density at radius 3 is 2.93 bits per heavy atom. The highest BCUT2D eigenvalue weighted by molar-refractivity contribution is 7.71. The molecule has 76 valence electrons. The van der Waals surface area contributed by atoms with Gasteiger partial charge in [-0.25, -0.2) is 0 Å². The van der Waals surface area contributed by atoms with Crippen molar-refractivity contribution < 1.29 is 4.79 Å². The standard InChI is InChI=1S/C9H7N3OS2/c13-9(6-2-1-5-15-6)10-7-3-4-8(14)12-11-7/h1-5H,(H,12,14)(H,10,11,13). The summed E-state index contributed by atoms with van der Waals surface area (Å²) in [5.41, 5.74) is 0. The number of thiophene rings is 1. The number of rotatable bonds is 2. The summed E-state index contributed by atoms with van der Waals surface area (Å²) in [5, 5.41) is 11.0. The summed E-state index contributed by atoms with van der Waals surface area (Å²) in [4.78, 5) is 12.2. The van der Waals surface area contributed by atoms with Crippen molar-refractivity contribution in [3.8, 4) is 0 Å². The third kappa shape index (κ3) is 2.48. The van der Waals surface area contributed by atoms with Crippen LogP contribution in [0.1, 0.15) is 9.67 Å². The summed E-state index contributed by atoms with van der Waals surface area (Å²) < 4.78 is 0.532. The fourth-order valence-electron chi connectivity index (χ4n) is 1.000. The molecular formula is C9H7N3OS2. The zero-order valence-corrected chi connectivity index (χ0v) is 9.19. The SMILES string of the molecule is O=C(Nc1ccc(=S)[nH]n1)c1cccs1. The molecule has 2 N–H and O–H groups in total. The lowest BCUT2D eigenvalue weighted by atomic mass is 10.4. The Bertz CT molecular complexity index is 498. The summed E-state index contributed by atoms with van der Waals surface area (Å²) in [6.07, 6.45) is 0. The zero-order chi connectivity index (χ0) is 10.7. The molecule has 0 saturated heterocycles. The van der Waals surface area contributed by atoms with Gasteiger partial charge in [0.25, 0.3) is 5.91 Å². The molecule has 0 aliphatic rings. The molecule has 1 amide bonds. The molecule has 4 nitrogen and oxygen atoms in total. The topological polar surface area (TPSA) is 57.8 Å². The summed E-state index contributed by atoms with van der Waals surface area (Å²) in [6.45, 7) is 0. The first-order valence-electron chi connectivity index (χ1n) is 4.16. The second-order valence-electron chi connectivity index (χ2n) is 2.74. The number of nitrogens with one attached hydrogen (secondary N) is 2. The highest BCUT2D eigenvalue weighted by Gasteiger charge is 2.06. The van der Waals surface area contributed by atoms with Crippen molar-refractivity contribution in [3.05, 3.63) is 39.2 Å². The average molecular weight is 237 g/mol. The highest BCUT2D eigenvalue weighted by atomic mass is 32.1. The third-order valence-electron chi connectivity index (χ3n) is 1.67. The number of amides is 1. The molecule has 0 spiro atoms. The summed E-state index contributed by atoms with van der Waals surface area (Å²) >= 11 is 6.22. The molecule has 0 aliphatic heterocycles. The van der Waals surface area contributed by atoms with Crippen LogP contribution in [0, 0.1) is 4.64 Å². The molecule has 2 aromatic heterocycles. The van der Waals surface area contributed by atoms with Gasteiger partial charge in [-0.15, -0.1) is 11.3 Å². The number of aromatic nitrogens is 2. The fraction of sp³-hybridized carbons (Fsp3) is 0. The maximum atomic E-state index is 11.6. The molecule has 0 radical (unpaired) electrons. The van der Waals surface area contributed by atoms with Crippen LogP contribution in [-0.2, 0) is 0 Å². The van der Waals surface area contributed by atoms with Crippen molar-refractivity contribution in [2.75, 3.05) is 5.32 Å². The Labute approximate surface area is 95.0 Å². The summed E-state index contributed by atoms with van der Waals surface area (Å²) in [5.74, 6) is 0.296. The van der Waals surface area contributed by atoms with Gasteiger partial charge >= 0.3 is 0 Å². The van der Waals surface area contributed by atoms with E-state index in [0.29, 0.717) is 15.3 Å². The van der Waals surface area contributed by atoms with Crippen molar-refractivity contribution in [1.29, 1.82) is 0 Å². The predicted octanol–water partition coefficient (Wildman–Crippen LogP) is 2.45. The average Bonchev–Trinajstić information content (AvgIpc) is 2.74. The second kappa shape index (κ2) is 4.33. The van der Waals surface area contributed by atoms with E-state index in [2.05, 4.69) is 15.5 Å². The van der Waals surface area contributed by atoms with Crippen molar-refractivity contribution in [2.24, 2.45) is 0 Å². The molecule has 6 heteroatoms. The molecule has 0 bridgehead atoms. The first kappa shape index (κ1) is 10.0. The van der Waals surface area contributed by atoms with Crippen LogP contribution in [0.3, 0.4) is 0 Å². The third-order valence-corrected chi connectivity index (χ3v) is 2.76. The quantitative estimate of drug-likeness (QED) is 0.789. The molecule has 0 saturated carbocycles. The number of aromatic amines is 1. The fourth-order valence-corrected chi connectivity index (χ4v) is 1.73. The van der Waals surface area contributed by atoms with Crippen LogP contribution in [0.5, 0.6) is 0 Å². The molecular weight excluding hydrogens is 230 g/mol. The van der Waals surface area contributed by atoms with Gasteiger partial charge in [-0.2, -0.15) is 5.10 Å². The van der Waals surface area contributed by atoms with Gasteiger partial charge in [0.1, 0.15) is 4.64 Å². The maximum absolute atomic E-state index is 11.6. The molecule has 0 fully saturated rings. The zero-order valence-electron chi connectivity index (χ0n) is 7.56. The highest BCUT2D eigenvalue weighted by Crippen LogP contribution is 2.10. The van der Waals surface area contributed by atoms with Gasteiger partial charge in [0.05, 0.1) is 4.88 Å². The molecule has 2 aromatic rings. The normalized spacial score (nSPS) is 9.87. The van der Waals surface area contributed by atoms with Gasteiger partial charge in [-0.05, 0) is 23.6 Å². The van der Waals surface area contributed by atoms with Gasteiger partial charge in [0, 0.05) is 0 Å². The van der Waals surface area contributed by atoms with Crippen molar-refractivity contribution >= 4 is 35.3 Å². The van der Waals surface area contributed by atoms with E-state index in [1.54, 1.807) is 18.2 Å². The Hall–Kier alpha value is -1.53. The first-order valence-corrected chi connectivity index (χ1v) is 5.45. The number of hydrogen-bond donors (Lipinski definition) is 2. The monoisotopic (exact) mass is 237 g/mol. The molecule has 0 aromatic carbocycles. The van der Waals surface area contributed by atoms with E-state index in [1.807, 2.05) is 11.4 Å². The van der Waals surface area contributed by atoms with Crippen LogP contribution in [0.25, 0.3) is 0 Å². The first-order chi connectivity index (χ1) is 7.25. The van der Waals surface area contributed by atoms with E-state index in [9.17, 15) is 4.79 Å². The van der Waals surface area contributed by atoms with E-state index >= 15 is 0 Å². The molecule has 2 heterocycles. The van der Waals surface area contributed by atoms with Crippen LogP contribution in [0.15, 0.2) is 29.6 Å². The Morgan fingerprint density at radius 2 is 2.33 bits per heavy atom. The lowest BCUT2D eigenvalue weighted by Crippen LogP contribution is -2.11. The number of carbonyl (C=O) groups excluding carboxylic acids is 1. The molecule has 2 rings (SSSR count). The van der Waals surface area contributed by atoms with E-state index in [-0.39, 0.29) is 5.91 Å². The van der Waals surface area contributed by atoms with Gasteiger partial charge in [0.2, 0.25) is 0 Å². The smallest absolute Gasteiger partial charge is 0.266 e. The minimum absolute atomic E-state index is 0.164.